The molecular weight excluding hydrogens is 220 g/mol. The summed E-state index contributed by atoms with van der Waals surface area (Å²) in [4.78, 5) is 22.5. The highest BCUT2D eigenvalue weighted by Crippen LogP contribution is 2.39. The van der Waals surface area contributed by atoms with Crippen LogP contribution in [-0.4, -0.2) is 35.6 Å². The van der Waals surface area contributed by atoms with E-state index in [1.807, 2.05) is 6.92 Å². The summed E-state index contributed by atoms with van der Waals surface area (Å²) in [5.74, 6) is -0.643. The Labute approximate surface area is 102 Å². The summed E-state index contributed by atoms with van der Waals surface area (Å²) in [6.07, 6.45) is 3.15. The maximum Gasteiger partial charge on any atom is 0.323 e. The fourth-order valence-electron chi connectivity index (χ4n) is 1.84. The molecule has 1 fully saturated rings. The minimum Gasteiger partial charge on any atom is -0.480 e. The van der Waals surface area contributed by atoms with Crippen LogP contribution in [0, 0.1) is 5.92 Å². The van der Waals surface area contributed by atoms with Crippen molar-refractivity contribution in [3.8, 4) is 0 Å². The first-order valence-electron chi connectivity index (χ1n) is 6.25. The lowest BCUT2D eigenvalue weighted by Crippen LogP contribution is -2.52. The Morgan fingerprint density at radius 3 is 2.47 bits per heavy atom. The number of carboxylic acids is 1. The first kappa shape index (κ1) is 14.0. The van der Waals surface area contributed by atoms with E-state index in [1.54, 1.807) is 6.92 Å². The molecular formula is C12H22N2O3. The lowest BCUT2D eigenvalue weighted by molar-refractivity contribution is -0.145. The van der Waals surface area contributed by atoms with Crippen molar-refractivity contribution in [2.24, 2.45) is 5.92 Å². The molecule has 5 heteroatoms. The van der Waals surface area contributed by atoms with Gasteiger partial charge in [-0.15, -0.1) is 0 Å². The molecule has 1 unspecified atom stereocenters. The third-order valence-electron chi connectivity index (χ3n) is 3.25. The molecule has 0 aliphatic heterocycles. The van der Waals surface area contributed by atoms with Crippen LogP contribution < -0.4 is 10.6 Å². The van der Waals surface area contributed by atoms with Gasteiger partial charge in [0, 0.05) is 19.5 Å². The smallest absolute Gasteiger partial charge is 0.323 e. The molecule has 0 aromatic rings. The van der Waals surface area contributed by atoms with Crippen molar-refractivity contribution in [2.75, 3.05) is 13.1 Å². The molecule has 5 nitrogen and oxygen atoms in total. The van der Waals surface area contributed by atoms with Crippen molar-refractivity contribution in [1.29, 1.82) is 0 Å². The minimum absolute atomic E-state index is 0.0251. The first-order chi connectivity index (χ1) is 8.00. The fraction of sp³-hybridized carbons (Fsp3) is 0.833. The minimum atomic E-state index is -0.870. The van der Waals surface area contributed by atoms with Gasteiger partial charge in [-0.1, -0.05) is 6.92 Å². The third-order valence-corrected chi connectivity index (χ3v) is 3.25. The zero-order chi connectivity index (χ0) is 12.9. The molecule has 1 aliphatic rings. The van der Waals surface area contributed by atoms with E-state index in [9.17, 15) is 14.7 Å². The van der Waals surface area contributed by atoms with Gasteiger partial charge in [-0.25, -0.2) is 0 Å². The van der Waals surface area contributed by atoms with E-state index in [0.29, 0.717) is 19.5 Å². The summed E-state index contributed by atoms with van der Waals surface area (Å²) in [7, 11) is 0. The molecule has 0 aromatic carbocycles. The highest BCUT2D eigenvalue weighted by atomic mass is 16.4. The number of hydrogen-bond acceptors (Lipinski definition) is 3. The molecule has 0 heterocycles. The van der Waals surface area contributed by atoms with Gasteiger partial charge in [0.05, 0.1) is 0 Å². The Morgan fingerprint density at radius 1 is 1.35 bits per heavy atom. The molecule has 1 saturated carbocycles. The van der Waals surface area contributed by atoms with Crippen LogP contribution in [0.15, 0.2) is 0 Å². The van der Waals surface area contributed by atoms with Gasteiger partial charge >= 0.3 is 5.97 Å². The molecule has 0 radical (unpaired) electrons. The highest BCUT2D eigenvalue weighted by Gasteiger charge is 2.46. The molecule has 1 aliphatic carbocycles. The molecule has 0 bridgehead atoms. The number of carboxylic acid groups (broad SMARTS) is 1. The average Bonchev–Trinajstić information content (AvgIpc) is 3.09. The Bertz CT molecular complexity index is 289. The summed E-state index contributed by atoms with van der Waals surface area (Å²) >= 11 is 0. The topological polar surface area (TPSA) is 78.4 Å². The van der Waals surface area contributed by atoms with Gasteiger partial charge in [0.15, 0.2) is 0 Å². The predicted molar refractivity (Wildman–Crippen MR) is 64.7 cm³/mol. The standard InChI is InChI=1S/C12H22N2O3/c1-3-7-13-10(15)6-8-14-12(2,11(16)17)9-4-5-9/h9,14H,3-8H2,1-2H3,(H,13,15)(H,16,17). The zero-order valence-corrected chi connectivity index (χ0v) is 10.6. The van der Waals surface area contributed by atoms with Gasteiger partial charge in [0.25, 0.3) is 0 Å². The van der Waals surface area contributed by atoms with E-state index in [4.69, 9.17) is 0 Å². The van der Waals surface area contributed by atoms with Crippen LogP contribution in [0.4, 0.5) is 0 Å². The van der Waals surface area contributed by atoms with Crippen molar-refractivity contribution in [3.05, 3.63) is 0 Å². The van der Waals surface area contributed by atoms with Crippen LogP contribution in [0.5, 0.6) is 0 Å². The van der Waals surface area contributed by atoms with Crippen molar-refractivity contribution in [1.82, 2.24) is 10.6 Å². The molecule has 0 aromatic heterocycles. The summed E-state index contributed by atoms with van der Waals surface area (Å²) in [5.41, 5.74) is -0.870. The number of amides is 1. The third kappa shape index (κ3) is 4.00. The van der Waals surface area contributed by atoms with Gasteiger partial charge in [-0.2, -0.15) is 0 Å². The van der Waals surface area contributed by atoms with E-state index in [1.165, 1.54) is 0 Å². The molecule has 0 spiro atoms. The zero-order valence-electron chi connectivity index (χ0n) is 10.6. The van der Waals surface area contributed by atoms with Crippen LogP contribution in [0.1, 0.15) is 39.5 Å². The second-order valence-electron chi connectivity index (χ2n) is 4.81. The van der Waals surface area contributed by atoms with Crippen LogP contribution in [0.3, 0.4) is 0 Å². The molecule has 1 rings (SSSR count). The first-order valence-corrected chi connectivity index (χ1v) is 6.25. The number of nitrogens with one attached hydrogen (secondary N) is 2. The monoisotopic (exact) mass is 242 g/mol. The van der Waals surface area contributed by atoms with Crippen LogP contribution in [0.2, 0.25) is 0 Å². The largest absolute Gasteiger partial charge is 0.480 e. The number of rotatable bonds is 8. The second-order valence-corrected chi connectivity index (χ2v) is 4.81. The normalized spacial score (nSPS) is 18.5. The van der Waals surface area contributed by atoms with E-state index in [2.05, 4.69) is 10.6 Å². The van der Waals surface area contributed by atoms with Crippen LogP contribution in [-0.2, 0) is 9.59 Å². The number of aliphatic carboxylic acids is 1. The molecule has 98 valence electrons. The molecule has 1 amide bonds. The second kappa shape index (κ2) is 6.00. The van der Waals surface area contributed by atoms with E-state index < -0.39 is 11.5 Å². The fourth-order valence-corrected chi connectivity index (χ4v) is 1.84. The van der Waals surface area contributed by atoms with Gasteiger partial charge in [-0.05, 0) is 32.1 Å². The number of hydrogen-bond donors (Lipinski definition) is 3. The summed E-state index contributed by atoms with van der Waals surface area (Å²) in [6, 6.07) is 0. The van der Waals surface area contributed by atoms with Crippen molar-refractivity contribution >= 4 is 11.9 Å². The van der Waals surface area contributed by atoms with Crippen molar-refractivity contribution in [3.63, 3.8) is 0 Å². The Kier molecular flexibility index (Phi) is 4.93. The molecule has 0 saturated heterocycles. The van der Waals surface area contributed by atoms with Gasteiger partial charge < -0.3 is 15.7 Å². The molecule has 17 heavy (non-hydrogen) atoms. The maximum absolute atomic E-state index is 11.3. The quantitative estimate of drug-likeness (QED) is 0.587. The predicted octanol–water partition coefficient (Wildman–Crippen LogP) is 0.746. The Hall–Kier alpha value is -1.10. The van der Waals surface area contributed by atoms with E-state index in [-0.39, 0.29) is 11.8 Å². The van der Waals surface area contributed by atoms with Crippen LogP contribution >= 0.6 is 0 Å². The van der Waals surface area contributed by atoms with Gasteiger partial charge in [0.1, 0.15) is 5.54 Å². The highest BCUT2D eigenvalue weighted by molar-refractivity contribution is 5.79. The lowest BCUT2D eigenvalue weighted by Gasteiger charge is -2.26. The summed E-state index contributed by atoms with van der Waals surface area (Å²) in [5, 5.41) is 15.0. The average molecular weight is 242 g/mol. The Morgan fingerprint density at radius 2 is 2.00 bits per heavy atom. The number of carbonyl (C=O) groups is 2. The summed E-state index contributed by atoms with van der Waals surface area (Å²) in [6.45, 7) is 4.79. The SMILES string of the molecule is CCCNC(=O)CCNC(C)(C(=O)O)C1CC1. The Balaban J connectivity index is 2.28. The van der Waals surface area contributed by atoms with E-state index >= 15 is 0 Å². The van der Waals surface area contributed by atoms with Crippen molar-refractivity contribution in [2.45, 2.75) is 45.1 Å². The van der Waals surface area contributed by atoms with E-state index in [0.717, 1.165) is 19.3 Å². The van der Waals surface area contributed by atoms with Crippen molar-refractivity contribution < 1.29 is 14.7 Å². The number of carbonyl (C=O) groups excluding carboxylic acids is 1. The summed E-state index contributed by atoms with van der Waals surface area (Å²) < 4.78 is 0. The molecule has 1 atom stereocenters. The maximum atomic E-state index is 11.3. The van der Waals surface area contributed by atoms with Crippen LogP contribution in [0.25, 0.3) is 0 Å². The molecule has 3 N–H and O–H groups in total. The van der Waals surface area contributed by atoms with Gasteiger partial charge in [-0.3, -0.25) is 9.59 Å². The van der Waals surface area contributed by atoms with Gasteiger partial charge in [0.2, 0.25) is 5.91 Å². The lowest BCUT2D eigenvalue weighted by atomic mass is 9.96.